The molecule has 0 bridgehead atoms. The van der Waals surface area contributed by atoms with Crippen LogP contribution in [0.4, 0.5) is 5.69 Å². The molecule has 0 aliphatic carbocycles. The van der Waals surface area contributed by atoms with Crippen molar-refractivity contribution in [3.05, 3.63) is 59.2 Å². The van der Waals surface area contributed by atoms with E-state index in [1.807, 2.05) is 32.0 Å². The van der Waals surface area contributed by atoms with Gasteiger partial charge in [0.15, 0.2) is 6.61 Å². The third-order valence-electron chi connectivity index (χ3n) is 3.41. The van der Waals surface area contributed by atoms with Gasteiger partial charge in [-0.15, -0.1) is 0 Å². The van der Waals surface area contributed by atoms with Gasteiger partial charge < -0.3 is 14.8 Å². The summed E-state index contributed by atoms with van der Waals surface area (Å²) in [5.74, 6) is -0.112. The molecule has 0 aromatic heterocycles. The van der Waals surface area contributed by atoms with Gasteiger partial charge in [0.05, 0.1) is 6.61 Å². The van der Waals surface area contributed by atoms with Gasteiger partial charge in [-0.25, -0.2) is 4.79 Å². The average molecular weight is 327 g/mol. The molecule has 0 heterocycles. The third-order valence-corrected chi connectivity index (χ3v) is 3.41. The number of aryl methyl sites for hydroxylation is 2. The van der Waals surface area contributed by atoms with Gasteiger partial charge >= 0.3 is 5.97 Å². The van der Waals surface area contributed by atoms with Gasteiger partial charge in [0.2, 0.25) is 0 Å². The number of benzene rings is 2. The van der Waals surface area contributed by atoms with E-state index in [1.54, 1.807) is 31.2 Å². The maximum atomic E-state index is 12.3. The highest BCUT2D eigenvalue weighted by Crippen LogP contribution is 2.18. The molecule has 0 fully saturated rings. The molecule has 5 heteroatoms. The van der Waals surface area contributed by atoms with E-state index >= 15 is 0 Å². The third kappa shape index (κ3) is 4.84. The number of hydrogen-bond donors (Lipinski definition) is 1. The highest BCUT2D eigenvalue weighted by Gasteiger charge is 2.09. The van der Waals surface area contributed by atoms with Crippen LogP contribution in [0.2, 0.25) is 0 Å². The molecule has 0 aliphatic heterocycles. The summed E-state index contributed by atoms with van der Waals surface area (Å²) in [6.45, 7) is 5.87. The first-order valence-electron chi connectivity index (χ1n) is 7.76. The van der Waals surface area contributed by atoms with Crippen molar-refractivity contribution in [2.24, 2.45) is 0 Å². The smallest absolute Gasteiger partial charge is 0.344 e. The predicted molar refractivity (Wildman–Crippen MR) is 92.4 cm³/mol. The van der Waals surface area contributed by atoms with Gasteiger partial charge in [0.25, 0.3) is 5.91 Å². The molecule has 2 aromatic rings. The van der Waals surface area contributed by atoms with Crippen molar-refractivity contribution in [2.45, 2.75) is 20.8 Å². The number of ether oxygens (including phenoxy) is 2. The lowest BCUT2D eigenvalue weighted by atomic mass is 10.1. The van der Waals surface area contributed by atoms with Crippen LogP contribution in [-0.4, -0.2) is 25.1 Å². The van der Waals surface area contributed by atoms with Crippen molar-refractivity contribution in [3.8, 4) is 5.75 Å². The summed E-state index contributed by atoms with van der Waals surface area (Å²) in [7, 11) is 0. The Bertz CT molecular complexity index is 723. The van der Waals surface area contributed by atoms with Crippen molar-refractivity contribution in [1.82, 2.24) is 0 Å². The normalized spacial score (nSPS) is 10.1. The molecule has 0 aliphatic rings. The molecule has 2 aromatic carbocycles. The molecule has 0 saturated heterocycles. The lowest BCUT2D eigenvalue weighted by Gasteiger charge is -2.10. The Labute approximate surface area is 141 Å². The van der Waals surface area contributed by atoms with Crippen molar-refractivity contribution < 1.29 is 19.1 Å². The first kappa shape index (κ1) is 17.5. The van der Waals surface area contributed by atoms with Gasteiger partial charge in [-0.3, -0.25) is 4.79 Å². The molecule has 0 spiro atoms. The largest absolute Gasteiger partial charge is 0.482 e. The quantitative estimate of drug-likeness (QED) is 0.825. The van der Waals surface area contributed by atoms with E-state index in [0.29, 0.717) is 17.9 Å². The Balaban J connectivity index is 1.97. The minimum atomic E-state index is -0.422. The summed E-state index contributed by atoms with van der Waals surface area (Å²) in [5.41, 5.74) is 3.46. The van der Waals surface area contributed by atoms with Crippen LogP contribution in [0.15, 0.2) is 42.5 Å². The molecule has 5 nitrogen and oxygen atoms in total. The van der Waals surface area contributed by atoms with Crippen LogP contribution in [0.25, 0.3) is 0 Å². The summed E-state index contributed by atoms with van der Waals surface area (Å²) in [6, 6.07) is 12.5. The molecule has 0 unspecified atom stereocenters. The molecule has 24 heavy (non-hydrogen) atoms. The molecular formula is C19H21NO4. The van der Waals surface area contributed by atoms with E-state index < -0.39 is 5.97 Å². The van der Waals surface area contributed by atoms with Crippen LogP contribution in [0.1, 0.15) is 28.4 Å². The lowest BCUT2D eigenvalue weighted by Crippen LogP contribution is -2.15. The van der Waals surface area contributed by atoms with Gasteiger partial charge in [-0.05, 0) is 56.7 Å². The fourth-order valence-electron chi connectivity index (χ4n) is 2.20. The Kier molecular flexibility index (Phi) is 5.95. The predicted octanol–water partition coefficient (Wildman–Crippen LogP) is 3.50. The highest BCUT2D eigenvalue weighted by atomic mass is 16.6. The van der Waals surface area contributed by atoms with Crippen LogP contribution in [0.5, 0.6) is 5.75 Å². The lowest BCUT2D eigenvalue weighted by molar-refractivity contribution is -0.145. The molecule has 1 amide bonds. The first-order valence-corrected chi connectivity index (χ1v) is 7.76. The zero-order chi connectivity index (χ0) is 17.5. The van der Waals surface area contributed by atoms with Gasteiger partial charge in [0.1, 0.15) is 5.75 Å². The maximum absolute atomic E-state index is 12.3. The van der Waals surface area contributed by atoms with Crippen LogP contribution < -0.4 is 10.1 Å². The van der Waals surface area contributed by atoms with Crippen LogP contribution in [-0.2, 0) is 9.53 Å². The monoisotopic (exact) mass is 327 g/mol. The minimum Gasteiger partial charge on any atom is -0.482 e. The van der Waals surface area contributed by atoms with Crippen LogP contribution in [0.3, 0.4) is 0 Å². The van der Waals surface area contributed by atoms with E-state index in [-0.39, 0.29) is 12.5 Å². The summed E-state index contributed by atoms with van der Waals surface area (Å²) in [4.78, 5) is 23.5. The number of carbonyl (C=O) groups excluding carboxylic acids is 2. The van der Waals surface area contributed by atoms with Crippen LogP contribution >= 0.6 is 0 Å². The summed E-state index contributed by atoms with van der Waals surface area (Å²) in [5, 5.41) is 2.89. The average Bonchev–Trinajstić information content (AvgIpc) is 2.56. The number of anilines is 1. The summed E-state index contributed by atoms with van der Waals surface area (Å²) >= 11 is 0. The second-order valence-electron chi connectivity index (χ2n) is 5.39. The Morgan fingerprint density at radius 1 is 1.04 bits per heavy atom. The van der Waals surface area contributed by atoms with Crippen molar-refractivity contribution in [1.29, 1.82) is 0 Å². The van der Waals surface area contributed by atoms with E-state index in [9.17, 15) is 9.59 Å². The number of carbonyl (C=O) groups is 2. The van der Waals surface area contributed by atoms with Crippen molar-refractivity contribution in [3.63, 3.8) is 0 Å². The van der Waals surface area contributed by atoms with Gasteiger partial charge in [-0.2, -0.15) is 0 Å². The summed E-state index contributed by atoms with van der Waals surface area (Å²) in [6.07, 6.45) is 0. The van der Waals surface area contributed by atoms with Crippen molar-refractivity contribution in [2.75, 3.05) is 18.5 Å². The number of esters is 1. The Morgan fingerprint density at radius 2 is 1.75 bits per heavy atom. The minimum absolute atomic E-state index is 0.151. The van der Waals surface area contributed by atoms with E-state index in [2.05, 4.69) is 5.32 Å². The maximum Gasteiger partial charge on any atom is 0.344 e. The molecule has 1 N–H and O–H groups in total. The zero-order valence-corrected chi connectivity index (χ0v) is 14.1. The molecule has 0 atom stereocenters. The molecular weight excluding hydrogens is 306 g/mol. The van der Waals surface area contributed by atoms with Gasteiger partial charge in [0, 0.05) is 11.3 Å². The van der Waals surface area contributed by atoms with E-state index in [4.69, 9.17) is 9.47 Å². The fourth-order valence-corrected chi connectivity index (χ4v) is 2.20. The molecule has 0 radical (unpaired) electrons. The Hall–Kier alpha value is -2.82. The zero-order valence-electron chi connectivity index (χ0n) is 14.1. The summed E-state index contributed by atoms with van der Waals surface area (Å²) < 4.78 is 10.1. The molecule has 0 saturated carbocycles. The second kappa shape index (κ2) is 8.15. The van der Waals surface area contributed by atoms with E-state index in [0.717, 1.165) is 16.8 Å². The standard InChI is InChI=1S/C19H21NO4/c1-4-23-18(21)12-24-16-8-6-15(7-9-16)19(22)20-17-10-5-13(2)11-14(17)3/h5-11H,4,12H2,1-3H3,(H,20,22). The number of amides is 1. The highest BCUT2D eigenvalue weighted by molar-refractivity contribution is 6.04. The number of nitrogens with one attached hydrogen (secondary N) is 1. The number of hydrogen-bond acceptors (Lipinski definition) is 4. The van der Waals surface area contributed by atoms with Crippen LogP contribution in [0, 0.1) is 13.8 Å². The molecule has 2 rings (SSSR count). The van der Waals surface area contributed by atoms with Crippen molar-refractivity contribution >= 4 is 17.6 Å². The van der Waals surface area contributed by atoms with Gasteiger partial charge in [-0.1, -0.05) is 17.7 Å². The Morgan fingerprint density at radius 3 is 2.38 bits per heavy atom. The molecule has 126 valence electrons. The number of rotatable bonds is 6. The fraction of sp³-hybridized carbons (Fsp3) is 0.263. The topological polar surface area (TPSA) is 64.6 Å². The second-order valence-corrected chi connectivity index (χ2v) is 5.39. The SMILES string of the molecule is CCOC(=O)COc1ccc(C(=O)Nc2ccc(C)cc2C)cc1. The van der Waals surface area contributed by atoms with E-state index in [1.165, 1.54) is 0 Å². The first-order chi connectivity index (χ1) is 11.5.